The van der Waals surface area contributed by atoms with Crippen molar-refractivity contribution in [2.24, 2.45) is 5.92 Å². The van der Waals surface area contributed by atoms with Crippen molar-refractivity contribution in [2.75, 3.05) is 5.32 Å². The lowest BCUT2D eigenvalue weighted by Crippen LogP contribution is -2.37. The zero-order valence-electron chi connectivity index (χ0n) is 20.0. The summed E-state index contributed by atoms with van der Waals surface area (Å²) in [5.74, 6) is -0.451. The number of H-pyrrole nitrogens is 1. The van der Waals surface area contributed by atoms with Gasteiger partial charge in [0.1, 0.15) is 23.0 Å². The number of nitrogens with one attached hydrogen (secondary N) is 3. The van der Waals surface area contributed by atoms with Crippen LogP contribution in [0.4, 0.5) is 11.5 Å². The molecule has 11 heteroatoms. The first-order valence-corrected chi connectivity index (χ1v) is 12.1. The van der Waals surface area contributed by atoms with E-state index in [0.717, 1.165) is 5.56 Å². The molecule has 0 atom stereocenters. The molecule has 2 aromatic carbocycles. The van der Waals surface area contributed by atoms with Crippen LogP contribution < -0.4 is 15.6 Å². The topological polar surface area (TPSA) is 128 Å². The summed E-state index contributed by atoms with van der Waals surface area (Å²) in [5, 5.41) is 21.5. The summed E-state index contributed by atoms with van der Waals surface area (Å²) in [6, 6.07) is 9.80. The van der Waals surface area contributed by atoms with Crippen LogP contribution in [0, 0.1) is 11.3 Å². The van der Waals surface area contributed by atoms with Gasteiger partial charge in [-0.1, -0.05) is 60.8 Å². The fourth-order valence-corrected chi connectivity index (χ4v) is 4.13. The molecule has 3 rings (SSSR count). The first kappa shape index (κ1) is 27.5. The van der Waals surface area contributed by atoms with Crippen LogP contribution in [0.15, 0.2) is 41.2 Å². The fraction of sp³-hybridized carbons (Fsp3) is 0.280. The second kappa shape index (κ2) is 10.9. The SMILES string of the molecule is CC(C)C(=N)c1c(Nc2c(Cl)cc(Cl)cc2Cl)nc(Cc2ccc(OC(C)(C)C(=O)O)cc2)[nH]c1=O. The van der Waals surface area contributed by atoms with Gasteiger partial charge in [-0.15, -0.1) is 0 Å². The van der Waals surface area contributed by atoms with E-state index in [1.807, 2.05) is 0 Å². The number of carboxylic acids is 1. The summed E-state index contributed by atoms with van der Waals surface area (Å²) in [4.78, 5) is 31.7. The number of halogens is 3. The highest BCUT2D eigenvalue weighted by Gasteiger charge is 2.29. The highest BCUT2D eigenvalue weighted by atomic mass is 35.5. The zero-order valence-corrected chi connectivity index (χ0v) is 22.3. The molecule has 0 amide bonds. The molecule has 1 heterocycles. The molecule has 0 aliphatic carbocycles. The van der Waals surface area contributed by atoms with Crippen LogP contribution >= 0.6 is 34.8 Å². The third-order valence-electron chi connectivity index (χ3n) is 5.25. The predicted octanol–water partition coefficient (Wildman–Crippen LogP) is 6.33. The number of aliphatic carboxylic acids is 1. The smallest absolute Gasteiger partial charge is 0.347 e. The molecule has 0 saturated carbocycles. The lowest BCUT2D eigenvalue weighted by molar-refractivity contribution is -0.152. The van der Waals surface area contributed by atoms with E-state index < -0.39 is 17.1 Å². The average Bonchev–Trinajstić information content (AvgIpc) is 2.76. The number of aromatic nitrogens is 2. The number of aromatic amines is 1. The molecule has 0 bridgehead atoms. The molecule has 0 fully saturated rings. The molecular weight excluding hydrogens is 527 g/mol. The van der Waals surface area contributed by atoms with Crippen LogP contribution in [-0.2, 0) is 11.2 Å². The number of hydrogen-bond donors (Lipinski definition) is 4. The van der Waals surface area contributed by atoms with E-state index in [4.69, 9.17) is 44.9 Å². The van der Waals surface area contributed by atoms with Crippen molar-refractivity contribution in [1.82, 2.24) is 9.97 Å². The Morgan fingerprint density at radius 3 is 2.28 bits per heavy atom. The molecule has 1 aromatic heterocycles. The summed E-state index contributed by atoms with van der Waals surface area (Å²) < 4.78 is 5.53. The van der Waals surface area contributed by atoms with Crippen LogP contribution in [0.3, 0.4) is 0 Å². The number of nitrogens with zero attached hydrogens (tertiary/aromatic N) is 1. The van der Waals surface area contributed by atoms with Gasteiger partial charge >= 0.3 is 5.97 Å². The van der Waals surface area contributed by atoms with Gasteiger partial charge in [0.25, 0.3) is 5.56 Å². The lowest BCUT2D eigenvalue weighted by atomic mass is 10.0. The highest BCUT2D eigenvalue weighted by molar-refractivity contribution is 6.41. The third-order valence-corrected chi connectivity index (χ3v) is 6.06. The Morgan fingerprint density at radius 2 is 1.75 bits per heavy atom. The Hall–Kier alpha value is -3.07. The molecule has 3 aromatic rings. The van der Waals surface area contributed by atoms with Crippen molar-refractivity contribution in [3.63, 3.8) is 0 Å². The molecule has 0 aliphatic heterocycles. The van der Waals surface area contributed by atoms with Crippen LogP contribution in [0.5, 0.6) is 5.75 Å². The van der Waals surface area contributed by atoms with Gasteiger partial charge in [-0.2, -0.15) is 0 Å². The molecule has 0 saturated heterocycles. The van der Waals surface area contributed by atoms with E-state index in [1.165, 1.54) is 26.0 Å². The Labute approximate surface area is 223 Å². The van der Waals surface area contributed by atoms with Crippen LogP contribution in [0.1, 0.15) is 44.6 Å². The fourth-order valence-electron chi connectivity index (χ4n) is 3.22. The molecule has 4 N–H and O–H groups in total. The Kier molecular flexibility index (Phi) is 8.33. The van der Waals surface area contributed by atoms with Crippen molar-refractivity contribution < 1.29 is 14.6 Å². The van der Waals surface area contributed by atoms with Gasteiger partial charge in [-0.3, -0.25) is 4.79 Å². The quantitative estimate of drug-likeness (QED) is 0.230. The van der Waals surface area contributed by atoms with Crippen molar-refractivity contribution in [1.29, 1.82) is 5.41 Å². The molecule has 0 spiro atoms. The Bertz CT molecular complexity index is 1350. The van der Waals surface area contributed by atoms with E-state index in [0.29, 0.717) is 22.3 Å². The standard InChI is InChI=1S/C25H25Cl3N4O4/c1-12(2)20(29)19-22(32-21-16(27)10-14(26)11-17(21)28)30-18(31-23(19)33)9-13-5-7-15(8-6-13)36-25(3,4)24(34)35/h5-8,10-12,29H,9H2,1-4H3,(H,34,35)(H2,30,31,32,33). The molecule has 36 heavy (non-hydrogen) atoms. The summed E-state index contributed by atoms with van der Waals surface area (Å²) >= 11 is 18.7. The van der Waals surface area contributed by atoms with Gasteiger partial charge < -0.3 is 25.6 Å². The van der Waals surface area contributed by atoms with Crippen molar-refractivity contribution in [2.45, 2.75) is 39.7 Å². The number of benzene rings is 2. The molecule has 8 nitrogen and oxygen atoms in total. The largest absolute Gasteiger partial charge is 0.478 e. The molecule has 0 unspecified atom stereocenters. The van der Waals surface area contributed by atoms with Crippen LogP contribution in [-0.4, -0.2) is 32.4 Å². The summed E-state index contributed by atoms with van der Waals surface area (Å²) in [5.41, 5.74) is -0.580. The Balaban J connectivity index is 1.97. The van der Waals surface area contributed by atoms with Gasteiger partial charge in [-0.05, 0) is 49.6 Å². The maximum atomic E-state index is 13.0. The summed E-state index contributed by atoms with van der Waals surface area (Å²) in [7, 11) is 0. The second-order valence-corrected chi connectivity index (χ2v) is 10.2. The van der Waals surface area contributed by atoms with Crippen LogP contribution in [0.2, 0.25) is 15.1 Å². The maximum absolute atomic E-state index is 13.0. The number of ether oxygens (including phenoxy) is 1. The zero-order chi connectivity index (χ0) is 26.8. The lowest BCUT2D eigenvalue weighted by Gasteiger charge is -2.21. The first-order valence-electron chi connectivity index (χ1n) is 10.9. The maximum Gasteiger partial charge on any atom is 0.347 e. The summed E-state index contributed by atoms with van der Waals surface area (Å²) in [6.45, 7) is 6.53. The third kappa shape index (κ3) is 6.37. The van der Waals surface area contributed by atoms with E-state index >= 15 is 0 Å². The van der Waals surface area contributed by atoms with Crippen molar-refractivity contribution in [3.05, 3.63) is 78.8 Å². The molecule has 0 aliphatic rings. The van der Waals surface area contributed by atoms with E-state index in [2.05, 4.69) is 15.3 Å². The van der Waals surface area contributed by atoms with E-state index in [9.17, 15) is 14.7 Å². The first-order chi connectivity index (χ1) is 16.8. The number of carboxylic acid groups (broad SMARTS) is 1. The minimum absolute atomic E-state index is 0.0792. The average molecular weight is 552 g/mol. The molecule has 190 valence electrons. The number of rotatable bonds is 9. The second-order valence-electron chi connectivity index (χ2n) is 8.91. The monoisotopic (exact) mass is 550 g/mol. The van der Waals surface area contributed by atoms with Gasteiger partial charge in [0.2, 0.25) is 0 Å². The number of hydrogen-bond acceptors (Lipinski definition) is 6. The molecular formula is C25H25Cl3N4O4. The van der Waals surface area contributed by atoms with Gasteiger partial charge in [-0.25, -0.2) is 9.78 Å². The summed E-state index contributed by atoms with van der Waals surface area (Å²) in [6.07, 6.45) is 0.254. The van der Waals surface area contributed by atoms with Gasteiger partial charge in [0.15, 0.2) is 5.60 Å². The molecule has 0 radical (unpaired) electrons. The van der Waals surface area contributed by atoms with Crippen LogP contribution in [0.25, 0.3) is 0 Å². The normalized spacial score (nSPS) is 11.4. The van der Waals surface area contributed by atoms with Gasteiger partial charge in [0, 0.05) is 11.4 Å². The Morgan fingerprint density at radius 1 is 1.17 bits per heavy atom. The van der Waals surface area contributed by atoms with E-state index in [-0.39, 0.29) is 39.5 Å². The predicted molar refractivity (Wildman–Crippen MR) is 143 cm³/mol. The van der Waals surface area contributed by atoms with E-state index in [1.54, 1.807) is 38.1 Å². The minimum atomic E-state index is -1.38. The van der Waals surface area contributed by atoms with Crippen molar-refractivity contribution >= 4 is 58.0 Å². The van der Waals surface area contributed by atoms with Crippen molar-refractivity contribution in [3.8, 4) is 5.75 Å². The highest BCUT2D eigenvalue weighted by Crippen LogP contribution is 2.36. The number of anilines is 2. The van der Waals surface area contributed by atoms with Gasteiger partial charge in [0.05, 0.1) is 21.4 Å². The number of carbonyl (C=O) groups is 1. The minimum Gasteiger partial charge on any atom is -0.478 e.